The Kier molecular flexibility index (Phi) is 6.22. The fourth-order valence-corrected chi connectivity index (χ4v) is 6.86. The Morgan fingerprint density at radius 2 is 1.93 bits per heavy atom. The van der Waals surface area contributed by atoms with Crippen LogP contribution in [0, 0.1) is 0 Å². The molecule has 3 aromatic carbocycles. The number of benzene rings is 3. The van der Waals surface area contributed by atoms with Crippen molar-refractivity contribution in [1.82, 2.24) is 24.2 Å². The van der Waals surface area contributed by atoms with Crippen molar-refractivity contribution in [1.29, 1.82) is 0 Å². The summed E-state index contributed by atoms with van der Waals surface area (Å²) in [5.74, 6) is 1.48. The first-order chi connectivity index (χ1) is 19.8. The minimum atomic E-state index is -3.34. The molecule has 0 aliphatic carbocycles. The molecule has 0 saturated carbocycles. The number of hydrogen-bond acceptors (Lipinski definition) is 7. The maximum Gasteiger partial charge on any atom is 0.209 e. The van der Waals surface area contributed by atoms with Crippen molar-refractivity contribution in [2.75, 3.05) is 17.7 Å². The van der Waals surface area contributed by atoms with Gasteiger partial charge in [-0.1, -0.05) is 48.2 Å². The van der Waals surface area contributed by atoms with Gasteiger partial charge < -0.3 is 18.9 Å². The van der Waals surface area contributed by atoms with Gasteiger partial charge in [0.25, 0.3) is 0 Å². The second-order valence-electron chi connectivity index (χ2n) is 9.96. The lowest BCUT2D eigenvalue weighted by Crippen LogP contribution is -2.23. The number of H-pyrrole nitrogens is 1. The van der Waals surface area contributed by atoms with Gasteiger partial charge in [-0.2, -0.15) is 0 Å². The van der Waals surface area contributed by atoms with Gasteiger partial charge in [0.2, 0.25) is 10.0 Å². The predicted octanol–water partition coefficient (Wildman–Crippen LogP) is 6.02. The summed E-state index contributed by atoms with van der Waals surface area (Å²) in [6.45, 7) is 0.217. The number of imidazole rings is 2. The number of anilines is 1. The highest BCUT2D eigenvalue weighted by Crippen LogP contribution is 2.48. The predicted molar refractivity (Wildman–Crippen MR) is 164 cm³/mol. The molecule has 2 N–H and O–H groups in total. The molecule has 0 fully saturated rings. The van der Waals surface area contributed by atoms with Crippen LogP contribution in [0.4, 0.5) is 5.69 Å². The monoisotopic (exact) mass is 582 g/mol. The van der Waals surface area contributed by atoms with Crippen LogP contribution in [0.1, 0.15) is 10.9 Å². The lowest BCUT2D eigenvalue weighted by Gasteiger charge is -2.25. The number of aromatic amines is 1. The van der Waals surface area contributed by atoms with Gasteiger partial charge in [-0.3, -0.25) is 0 Å². The standard InChI is InChI=1S/C30H26N6O3S2/c1-35-18-33-24-11-8-20(14-25(24)35)30-36(17-22(40-30)16-34-41(2,37)38)21-9-10-23-26(15-21)39-28(19-6-4-3-5-7-19)27(23)29-31-12-13-32-29/h3-15,17-18,30,34H,16H2,1-2H3,(H,31,32). The third kappa shape index (κ3) is 4.82. The molecule has 0 amide bonds. The van der Waals surface area contributed by atoms with Gasteiger partial charge in [0, 0.05) is 59.8 Å². The van der Waals surface area contributed by atoms with E-state index in [1.54, 1.807) is 30.5 Å². The summed E-state index contributed by atoms with van der Waals surface area (Å²) in [5.41, 5.74) is 6.56. The number of nitrogens with one attached hydrogen (secondary N) is 2. The molecule has 1 aliphatic heterocycles. The Hall–Kier alpha value is -4.32. The van der Waals surface area contributed by atoms with Crippen molar-refractivity contribution in [3.05, 3.63) is 102 Å². The summed E-state index contributed by atoms with van der Waals surface area (Å²) >= 11 is 1.62. The molecule has 0 bridgehead atoms. The van der Waals surface area contributed by atoms with Gasteiger partial charge in [0.1, 0.15) is 22.5 Å². The van der Waals surface area contributed by atoms with Crippen molar-refractivity contribution in [2.45, 2.75) is 5.37 Å². The lowest BCUT2D eigenvalue weighted by atomic mass is 10.0. The Bertz CT molecular complexity index is 2030. The Balaban J connectivity index is 1.34. The van der Waals surface area contributed by atoms with Gasteiger partial charge >= 0.3 is 0 Å². The number of aryl methyl sites for hydroxylation is 1. The molecule has 41 heavy (non-hydrogen) atoms. The quantitative estimate of drug-likeness (QED) is 0.237. The molecule has 1 unspecified atom stereocenters. The molecule has 9 nitrogen and oxygen atoms in total. The molecule has 7 rings (SSSR count). The average molecular weight is 583 g/mol. The van der Waals surface area contributed by atoms with Crippen molar-refractivity contribution in [2.24, 2.45) is 7.05 Å². The van der Waals surface area contributed by atoms with Crippen molar-refractivity contribution >= 4 is 49.5 Å². The van der Waals surface area contributed by atoms with Crippen LogP contribution in [0.5, 0.6) is 0 Å². The van der Waals surface area contributed by atoms with Gasteiger partial charge in [-0.05, 0) is 29.8 Å². The zero-order valence-corrected chi connectivity index (χ0v) is 23.9. The SMILES string of the molecule is Cn1cnc2ccc(C3SC(CNS(C)(=O)=O)=CN3c3ccc4c(-c5ncc[nH]5)c(-c5ccccc5)oc4c3)cc21. The van der Waals surface area contributed by atoms with Crippen molar-refractivity contribution < 1.29 is 12.8 Å². The molecule has 0 radical (unpaired) electrons. The normalized spacial score (nSPS) is 15.7. The Morgan fingerprint density at radius 3 is 2.71 bits per heavy atom. The third-order valence-corrected chi connectivity index (χ3v) is 9.03. The fourth-order valence-electron chi connectivity index (χ4n) is 5.15. The topological polar surface area (TPSA) is 109 Å². The van der Waals surface area contributed by atoms with Gasteiger partial charge in [0.15, 0.2) is 0 Å². The summed E-state index contributed by atoms with van der Waals surface area (Å²) in [6.07, 6.45) is 8.53. The first kappa shape index (κ1) is 25.6. The Morgan fingerprint density at radius 1 is 1.07 bits per heavy atom. The number of thioether (sulfide) groups is 1. The largest absolute Gasteiger partial charge is 0.455 e. The van der Waals surface area contributed by atoms with E-state index in [1.807, 2.05) is 60.3 Å². The van der Waals surface area contributed by atoms with E-state index in [2.05, 4.69) is 48.8 Å². The molecular formula is C30H26N6O3S2. The first-order valence-electron chi connectivity index (χ1n) is 13.0. The molecule has 11 heteroatoms. The van der Waals surface area contributed by atoms with E-state index in [-0.39, 0.29) is 11.9 Å². The molecule has 0 saturated heterocycles. The molecule has 6 aromatic rings. The second kappa shape index (κ2) is 9.95. The summed E-state index contributed by atoms with van der Waals surface area (Å²) in [7, 11) is -1.36. The summed E-state index contributed by atoms with van der Waals surface area (Å²) in [6, 6.07) is 22.4. The number of hydrogen-bond donors (Lipinski definition) is 2. The van der Waals surface area contributed by atoms with Crippen LogP contribution in [0.25, 0.3) is 44.7 Å². The van der Waals surface area contributed by atoms with Crippen LogP contribution in [-0.4, -0.2) is 40.7 Å². The minimum absolute atomic E-state index is 0.115. The van der Waals surface area contributed by atoms with E-state index in [4.69, 9.17) is 4.42 Å². The Labute approximate surface area is 241 Å². The minimum Gasteiger partial charge on any atom is -0.455 e. The smallest absolute Gasteiger partial charge is 0.209 e. The van der Waals surface area contributed by atoms with Gasteiger partial charge in [-0.15, -0.1) is 0 Å². The second-order valence-corrected chi connectivity index (χ2v) is 13.0. The maximum absolute atomic E-state index is 11.8. The van der Waals surface area contributed by atoms with Crippen LogP contribution < -0.4 is 9.62 Å². The molecular weight excluding hydrogens is 557 g/mol. The number of nitrogens with zero attached hydrogens (tertiary/aromatic N) is 4. The third-order valence-electron chi connectivity index (χ3n) is 7.08. The van der Waals surface area contributed by atoms with E-state index < -0.39 is 10.0 Å². The summed E-state index contributed by atoms with van der Waals surface area (Å²) in [4.78, 5) is 15.3. The summed E-state index contributed by atoms with van der Waals surface area (Å²) in [5, 5.41) is 0.835. The molecule has 4 heterocycles. The van der Waals surface area contributed by atoms with E-state index in [0.29, 0.717) is 0 Å². The van der Waals surface area contributed by atoms with Crippen LogP contribution in [0.3, 0.4) is 0 Å². The van der Waals surface area contributed by atoms with E-state index >= 15 is 0 Å². The molecule has 206 valence electrons. The zero-order valence-electron chi connectivity index (χ0n) is 22.3. The molecule has 3 aromatic heterocycles. The van der Waals surface area contributed by atoms with E-state index in [9.17, 15) is 8.42 Å². The van der Waals surface area contributed by atoms with Crippen LogP contribution >= 0.6 is 11.8 Å². The number of rotatable bonds is 7. The number of fused-ring (bicyclic) bond motifs is 2. The van der Waals surface area contributed by atoms with Crippen LogP contribution in [0.2, 0.25) is 0 Å². The van der Waals surface area contributed by atoms with E-state index in [1.165, 1.54) is 6.26 Å². The molecule has 0 spiro atoms. The van der Waals surface area contributed by atoms with Crippen molar-refractivity contribution in [3.8, 4) is 22.7 Å². The highest BCUT2D eigenvalue weighted by molar-refractivity contribution is 8.03. The molecule has 1 atom stereocenters. The van der Waals surface area contributed by atoms with E-state index in [0.717, 1.165) is 60.9 Å². The van der Waals surface area contributed by atoms with Crippen LogP contribution in [0.15, 0.2) is 101 Å². The first-order valence-corrected chi connectivity index (χ1v) is 15.7. The zero-order chi connectivity index (χ0) is 28.1. The van der Waals surface area contributed by atoms with Crippen molar-refractivity contribution in [3.63, 3.8) is 0 Å². The van der Waals surface area contributed by atoms with Gasteiger partial charge in [0.05, 0.1) is 29.2 Å². The lowest BCUT2D eigenvalue weighted by molar-refractivity contribution is 0.591. The molecule has 1 aliphatic rings. The average Bonchev–Trinajstić information content (AvgIpc) is 3.77. The highest BCUT2D eigenvalue weighted by atomic mass is 32.2. The summed E-state index contributed by atoms with van der Waals surface area (Å²) < 4.78 is 34.8. The van der Waals surface area contributed by atoms with Crippen LogP contribution in [-0.2, 0) is 17.1 Å². The van der Waals surface area contributed by atoms with Gasteiger partial charge in [-0.25, -0.2) is 23.1 Å². The maximum atomic E-state index is 11.8. The number of sulfonamides is 1. The number of aromatic nitrogens is 4. The highest BCUT2D eigenvalue weighted by Gasteiger charge is 2.30. The number of furan rings is 1. The fraction of sp³-hybridized carbons (Fsp3) is 0.133.